The maximum Gasteiger partial charge on any atom is 0.0431 e. The van der Waals surface area contributed by atoms with Gasteiger partial charge in [-0.05, 0) is 25.2 Å². The Morgan fingerprint density at radius 1 is 0.611 bits per heavy atom. The zero-order valence-electron chi connectivity index (χ0n) is 12.4. The van der Waals surface area contributed by atoms with Gasteiger partial charge < -0.3 is 10.2 Å². The number of rotatable bonds is 14. The molecular formula is C16H34O2. The Morgan fingerprint density at radius 2 is 1.11 bits per heavy atom. The van der Waals surface area contributed by atoms with Gasteiger partial charge in [-0.25, -0.2) is 0 Å². The van der Waals surface area contributed by atoms with Gasteiger partial charge in [-0.2, -0.15) is 0 Å². The highest BCUT2D eigenvalue weighted by Gasteiger charge is 2.07. The minimum Gasteiger partial charge on any atom is -0.396 e. The predicted octanol–water partition coefficient (Wildman–Crippen LogP) is 4.29. The highest BCUT2D eigenvalue weighted by molar-refractivity contribution is 4.60. The number of aliphatic hydroxyl groups is 2. The van der Waals surface area contributed by atoms with Crippen molar-refractivity contribution >= 4 is 0 Å². The van der Waals surface area contributed by atoms with Crippen LogP contribution in [0.2, 0.25) is 0 Å². The maximum absolute atomic E-state index is 8.91. The quantitative estimate of drug-likeness (QED) is 0.456. The van der Waals surface area contributed by atoms with Crippen LogP contribution in [0, 0.1) is 5.92 Å². The molecule has 110 valence electrons. The van der Waals surface area contributed by atoms with Gasteiger partial charge >= 0.3 is 0 Å². The number of hydrogen-bond donors (Lipinski definition) is 2. The van der Waals surface area contributed by atoms with E-state index in [-0.39, 0.29) is 0 Å². The zero-order chi connectivity index (χ0) is 13.5. The van der Waals surface area contributed by atoms with Gasteiger partial charge in [0.2, 0.25) is 0 Å². The Hall–Kier alpha value is -0.0800. The Morgan fingerprint density at radius 3 is 1.72 bits per heavy atom. The van der Waals surface area contributed by atoms with E-state index in [9.17, 15) is 0 Å². The SMILES string of the molecule is CCCCC(CCCO)CCCCCCCCO. The van der Waals surface area contributed by atoms with Gasteiger partial charge in [-0.3, -0.25) is 0 Å². The molecule has 0 aliphatic rings. The van der Waals surface area contributed by atoms with Crippen LogP contribution in [0.1, 0.15) is 84.0 Å². The van der Waals surface area contributed by atoms with Crippen LogP contribution in [0.25, 0.3) is 0 Å². The van der Waals surface area contributed by atoms with Gasteiger partial charge in [0.05, 0.1) is 0 Å². The monoisotopic (exact) mass is 258 g/mol. The summed E-state index contributed by atoms with van der Waals surface area (Å²) in [5.74, 6) is 0.842. The molecule has 18 heavy (non-hydrogen) atoms. The molecule has 2 heteroatoms. The van der Waals surface area contributed by atoms with E-state index in [0.717, 1.165) is 18.8 Å². The lowest BCUT2D eigenvalue weighted by molar-refractivity contribution is 0.262. The first-order chi connectivity index (χ1) is 8.85. The normalized spacial score (nSPS) is 12.8. The Labute approximate surface area is 114 Å². The predicted molar refractivity (Wildman–Crippen MR) is 78.7 cm³/mol. The number of unbranched alkanes of at least 4 members (excludes halogenated alkanes) is 6. The van der Waals surface area contributed by atoms with E-state index in [1.807, 2.05) is 0 Å². The lowest BCUT2D eigenvalue weighted by atomic mass is 9.91. The van der Waals surface area contributed by atoms with E-state index in [1.165, 1.54) is 64.2 Å². The summed E-state index contributed by atoms with van der Waals surface area (Å²) in [4.78, 5) is 0. The van der Waals surface area contributed by atoms with Crippen molar-refractivity contribution in [2.45, 2.75) is 84.0 Å². The molecule has 0 aromatic carbocycles. The summed E-state index contributed by atoms with van der Waals surface area (Å²) in [6, 6.07) is 0. The minimum absolute atomic E-state index is 0.347. The van der Waals surface area contributed by atoms with Crippen molar-refractivity contribution in [3.8, 4) is 0 Å². The fraction of sp³-hybridized carbons (Fsp3) is 1.00. The maximum atomic E-state index is 8.91. The Balaban J connectivity index is 3.43. The Kier molecular flexibility index (Phi) is 14.9. The molecule has 1 unspecified atom stereocenters. The summed E-state index contributed by atoms with van der Waals surface area (Å²) in [5, 5.41) is 17.6. The summed E-state index contributed by atoms with van der Waals surface area (Å²) in [6.45, 7) is 2.95. The first-order valence-electron chi connectivity index (χ1n) is 8.06. The van der Waals surface area contributed by atoms with Crippen LogP contribution in [0.15, 0.2) is 0 Å². The molecule has 0 heterocycles. The van der Waals surface area contributed by atoms with Crippen molar-refractivity contribution in [3.05, 3.63) is 0 Å². The van der Waals surface area contributed by atoms with Crippen molar-refractivity contribution in [1.29, 1.82) is 0 Å². The van der Waals surface area contributed by atoms with E-state index >= 15 is 0 Å². The highest BCUT2D eigenvalue weighted by atomic mass is 16.3. The molecule has 0 amide bonds. The summed E-state index contributed by atoms with van der Waals surface area (Å²) in [5.41, 5.74) is 0. The molecule has 0 aliphatic carbocycles. The third-order valence-electron chi connectivity index (χ3n) is 3.76. The standard InChI is InChI=1S/C16H34O2/c1-2-3-11-16(13-10-15-18)12-8-6-4-5-7-9-14-17/h16-18H,2-15H2,1H3. The van der Waals surface area contributed by atoms with Crippen LogP contribution < -0.4 is 0 Å². The van der Waals surface area contributed by atoms with Crippen LogP contribution in [-0.4, -0.2) is 23.4 Å². The molecule has 0 saturated carbocycles. The second-order valence-electron chi connectivity index (χ2n) is 5.51. The molecule has 0 rings (SSSR count). The molecule has 0 fully saturated rings. The lowest BCUT2D eigenvalue weighted by Gasteiger charge is -2.15. The molecule has 0 saturated heterocycles. The van der Waals surface area contributed by atoms with Crippen LogP contribution in [0.4, 0.5) is 0 Å². The third-order valence-corrected chi connectivity index (χ3v) is 3.76. The van der Waals surface area contributed by atoms with Crippen LogP contribution >= 0.6 is 0 Å². The molecule has 2 N–H and O–H groups in total. The van der Waals surface area contributed by atoms with Crippen molar-refractivity contribution in [2.24, 2.45) is 5.92 Å². The smallest absolute Gasteiger partial charge is 0.0431 e. The molecule has 1 atom stereocenters. The second-order valence-corrected chi connectivity index (χ2v) is 5.51. The van der Waals surface area contributed by atoms with Crippen LogP contribution in [0.5, 0.6) is 0 Å². The first-order valence-corrected chi connectivity index (χ1v) is 8.06. The average Bonchev–Trinajstić information content (AvgIpc) is 2.40. The van der Waals surface area contributed by atoms with Crippen LogP contribution in [-0.2, 0) is 0 Å². The summed E-state index contributed by atoms with van der Waals surface area (Å²) in [7, 11) is 0. The minimum atomic E-state index is 0.347. The average molecular weight is 258 g/mol. The van der Waals surface area contributed by atoms with E-state index in [1.54, 1.807) is 0 Å². The molecule has 2 nitrogen and oxygen atoms in total. The van der Waals surface area contributed by atoms with Gasteiger partial charge in [0.1, 0.15) is 0 Å². The van der Waals surface area contributed by atoms with E-state index in [0.29, 0.717) is 13.2 Å². The van der Waals surface area contributed by atoms with Gasteiger partial charge in [0.25, 0.3) is 0 Å². The number of hydrogen-bond acceptors (Lipinski definition) is 2. The lowest BCUT2D eigenvalue weighted by Crippen LogP contribution is -2.02. The summed E-state index contributed by atoms with van der Waals surface area (Å²) >= 11 is 0. The van der Waals surface area contributed by atoms with Crippen molar-refractivity contribution in [3.63, 3.8) is 0 Å². The molecular weight excluding hydrogens is 224 g/mol. The van der Waals surface area contributed by atoms with Gasteiger partial charge in [-0.1, -0.05) is 64.7 Å². The molecule has 0 aliphatic heterocycles. The largest absolute Gasteiger partial charge is 0.396 e. The number of aliphatic hydroxyl groups excluding tert-OH is 2. The zero-order valence-corrected chi connectivity index (χ0v) is 12.4. The Bertz CT molecular complexity index is 140. The fourth-order valence-electron chi connectivity index (χ4n) is 2.56. The van der Waals surface area contributed by atoms with Gasteiger partial charge in [0, 0.05) is 13.2 Å². The highest BCUT2D eigenvalue weighted by Crippen LogP contribution is 2.22. The molecule has 0 aromatic heterocycles. The van der Waals surface area contributed by atoms with Crippen LogP contribution in [0.3, 0.4) is 0 Å². The molecule has 0 aromatic rings. The fourth-order valence-corrected chi connectivity index (χ4v) is 2.56. The second kappa shape index (κ2) is 15.0. The van der Waals surface area contributed by atoms with E-state index < -0.39 is 0 Å². The third kappa shape index (κ3) is 12.4. The summed E-state index contributed by atoms with van der Waals surface area (Å²) in [6.07, 6.45) is 14.9. The molecule has 0 radical (unpaired) electrons. The van der Waals surface area contributed by atoms with E-state index in [2.05, 4.69) is 6.92 Å². The van der Waals surface area contributed by atoms with Gasteiger partial charge in [-0.15, -0.1) is 0 Å². The van der Waals surface area contributed by atoms with E-state index in [4.69, 9.17) is 10.2 Å². The van der Waals surface area contributed by atoms with Crippen molar-refractivity contribution < 1.29 is 10.2 Å². The van der Waals surface area contributed by atoms with Crippen molar-refractivity contribution in [1.82, 2.24) is 0 Å². The topological polar surface area (TPSA) is 40.5 Å². The van der Waals surface area contributed by atoms with Crippen molar-refractivity contribution in [2.75, 3.05) is 13.2 Å². The summed E-state index contributed by atoms with van der Waals surface area (Å²) < 4.78 is 0. The molecule has 0 bridgehead atoms. The van der Waals surface area contributed by atoms with Gasteiger partial charge in [0.15, 0.2) is 0 Å². The molecule has 0 spiro atoms. The first kappa shape index (κ1) is 17.9.